The molecule has 7 rings (SSSR count). The minimum Gasteiger partial charge on any atom is -0.467 e. The van der Waals surface area contributed by atoms with E-state index in [4.69, 9.17) is 4.42 Å². The van der Waals surface area contributed by atoms with Crippen LogP contribution in [0.3, 0.4) is 0 Å². The first-order valence-electron chi connectivity index (χ1n) is 9.57. The van der Waals surface area contributed by atoms with Gasteiger partial charge in [0, 0.05) is 11.8 Å². The highest BCUT2D eigenvalue weighted by molar-refractivity contribution is 6.06. The molecule has 6 atom stereocenters. The van der Waals surface area contributed by atoms with Crippen LogP contribution < -0.4 is 0 Å². The third kappa shape index (κ3) is 1.88. The Bertz CT molecular complexity index is 939. The number of allylic oxidation sites excluding steroid dienone is 4. The summed E-state index contributed by atoms with van der Waals surface area (Å²) in [5, 5.41) is 0. The zero-order chi connectivity index (χ0) is 18.1. The number of hydrogen-bond acceptors (Lipinski definition) is 3. The summed E-state index contributed by atoms with van der Waals surface area (Å²) < 4.78 is 5.40. The lowest BCUT2D eigenvalue weighted by atomic mass is 9.48. The highest BCUT2D eigenvalue weighted by Crippen LogP contribution is 2.64. The van der Waals surface area contributed by atoms with Gasteiger partial charge in [0.15, 0.2) is 0 Å². The molecule has 0 spiro atoms. The molecule has 134 valence electrons. The van der Waals surface area contributed by atoms with Gasteiger partial charge in [-0.3, -0.25) is 14.5 Å². The predicted molar refractivity (Wildman–Crippen MR) is 98.4 cm³/mol. The van der Waals surface area contributed by atoms with Gasteiger partial charge in [-0.15, -0.1) is 0 Å². The van der Waals surface area contributed by atoms with Crippen molar-refractivity contribution in [1.29, 1.82) is 0 Å². The molecule has 0 radical (unpaired) electrons. The third-order valence-electron chi connectivity index (χ3n) is 6.92. The van der Waals surface area contributed by atoms with E-state index in [1.165, 1.54) is 16.0 Å². The molecule has 5 aliphatic rings. The van der Waals surface area contributed by atoms with Crippen LogP contribution in [0.25, 0.3) is 0 Å². The average Bonchev–Trinajstić information content (AvgIpc) is 3.31. The molecule has 0 N–H and O–H groups in total. The first-order chi connectivity index (χ1) is 13.3. The standard InChI is InChI=1S/C23H19NO3/c25-22-20-18-14-7-1-2-8-15(14)19(17-10-4-3-9-16(17)18)21(20)23(26)24(22)12-13-6-5-11-27-13/h1-11,14-15,18-21H,12H2/t14-,15+,18-,19-,20-,21+/m1/s1. The van der Waals surface area contributed by atoms with Crippen molar-refractivity contribution in [2.45, 2.75) is 18.4 Å². The summed E-state index contributed by atoms with van der Waals surface area (Å²) in [6.07, 6.45) is 10.2. The molecular weight excluding hydrogens is 338 g/mol. The van der Waals surface area contributed by atoms with Crippen LogP contribution in [-0.4, -0.2) is 16.7 Å². The van der Waals surface area contributed by atoms with Gasteiger partial charge in [-0.2, -0.15) is 0 Å². The third-order valence-corrected chi connectivity index (χ3v) is 6.92. The normalized spacial score (nSPS) is 35.3. The van der Waals surface area contributed by atoms with Crippen molar-refractivity contribution in [2.75, 3.05) is 0 Å². The summed E-state index contributed by atoms with van der Waals surface area (Å²) >= 11 is 0. The number of carbonyl (C=O) groups excluding carboxylic acids is 2. The largest absolute Gasteiger partial charge is 0.467 e. The van der Waals surface area contributed by atoms with E-state index in [9.17, 15) is 9.59 Å². The van der Waals surface area contributed by atoms with Gasteiger partial charge in [0.2, 0.25) is 11.8 Å². The van der Waals surface area contributed by atoms with Gasteiger partial charge in [-0.25, -0.2) is 0 Å². The van der Waals surface area contributed by atoms with Crippen molar-refractivity contribution in [3.05, 3.63) is 83.9 Å². The van der Waals surface area contributed by atoms with Crippen LogP contribution in [0.2, 0.25) is 0 Å². The summed E-state index contributed by atoms with van der Waals surface area (Å²) in [5.74, 6) is 0.778. The summed E-state index contributed by atoms with van der Waals surface area (Å²) in [7, 11) is 0. The molecule has 27 heavy (non-hydrogen) atoms. The van der Waals surface area contributed by atoms with E-state index >= 15 is 0 Å². The van der Waals surface area contributed by atoms with Crippen LogP contribution in [0, 0.1) is 23.7 Å². The van der Waals surface area contributed by atoms with Crippen LogP contribution in [0.4, 0.5) is 0 Å². The average molecular weight is 357 g/mol. The molecule has 4 aliphatic carbocycles. The fourth-order valence-corrected chi connectivity index (χ4v) is 6.00. The van der Waals surface area contributed by atoms with Crippen molar-refractivity contribution < 1.29 is 14.0 Å². The SMILES string of the molecule is O=C1[C@@H]2[C@H](C(=O)N1Cc1ccco1)[C@H]1c3ccccc3[C@H]2[C@H]2C=CC=C[C@H]21. The number of furan rings is 1. The predicted octanol–water partition coefficient (Wildman–Crippen LogP) is 3.63. The van der Waals surface area contributed by atoms with Crippen molar-refractivity contribution in [2.24, 2.45) is 23.7 Å². The molecule has 1 saturated heterocycles. The second-order valence-corrected chi connectivity index (χ2v) is 8.00. The molecule has 4 nitrogen and oxygen atoms in total. The molecule has 2 amide bonds. The number of rotatable bonds is 2. The lowest BCUT2D eigenvalue weighted by Crippen LogP contribution is -2.49. The van der Waals surface area contributed by atoms with Crippen LogP contribution in [0.1, 0.15) is 28.7 Å². The van der Waals surface area contributed by atoms with Gasteiger partial charge in [0.05, 0.1) is 24.6 Å². The number of benzene rings is 1. The number of amides is 2. The Hall–Kier alpha value is -2.88. The minimum atomic E-state index is -0.259. The zero-order valence-electron chi connectivity index (χ0n) is 14.7. The zero-order valence-corrected chi connectivity index (χ0v) is 14.7. The van der Waals surface area contributed by atoms with Gasteiger partial charge in [0.1, 0.15) is 5.76 Å². The number of carbonyl (C=O) groups is 2. The summed E-state index contributed by atoms with van der Waals surface area (Å²) in [6, 6.07) is 12.0. The molecule has 0 unspecified atom stereocenters. The molecule has 1 saturated carbocycles. The second kappa shape index (κ2) is 5.32. The van der Waals surface area contributed by atoms with Gasteiger partial charge < -0.3 is 4.42 Å². The summed E-state index contributed by atoms with van der Waals surface area (Å²) in [4.78, 5) is 28.2. The maximum Gasteiger partial charge on any atom is 0.234 e. The Kier molecular flexibility index (Phi) is 2.99. The Morgan fingerprint density at radius 2 is 1.37 bits per heavy atom. The number of likely N-dealkylation sites (tertiary alicyclic amines) is 1. The fraction of sp³-hybridized carbons (Fsp3) is 0.304. The molecule has 1 aliphatic heterocycles. The number of nitrogens with zero attached hydrogens (tertiary/aromatic N) is 1. The van der Waals surface area contributed by atoms with Gasteiger partial charge in [0.25, 0.3) is 0 Å². The molecule has 2 bridgehead atoms. The molecule has 1 aromatic carbocycles. The highest BCUT2D eigenvalue weighted by atomic mass is 16.3. The Balaban J connectivity index is 1.49. The molecule has 2 heterocycles. The van der Waals surface area contributed by atoms with Crippen LogP contribution in [0.15, 0.2) is 71.4 Å². The van der Waals surface area contributed by atoms with E-state index in [0.29, 0.717) is 5.76 Å². The molecular formula is C23H19NO3. The molecule has 1 aromatic heterocycles. The lowest BCUT2D eigenvalue weighted by molar-refractivity contribution is -0.141. The number of imide groups is 1. The first-order valence-corrected chi connectivity index (χ1v) is 9.57. The maximum atomic E-state index is 13.4. The fourth-order valence-electron chi connectivity index (χ4n) is 6.00. The van der Waals surface area contributed by atoms with Crippen molar-refractivity contribution in [1.82, 2.24) is 4.90 Å². The molecule has 2 fully saturated rings. The van der Waals surface area contributed by atoms with E-state index in [0.717, 1.165) is 0 Å². The number of hydrogen-bond donors (Lipinski definition) is 0. The quantitative estimate of drug-likeness (QED) is 0.771. The Morgan fingerprint density at radius 3 is 1.89 bits per heavy atom. The first kappa shape index (κ1) is 15.2. The lowest BCUT2D eigenvalue weighted by Gasteiger charge is -2.53. The van der Waals surface area contributed by atoms with E-state index < -0.39 is 0 Å². The van der Waals surface area contributed by atoms with Crippen molar-refractivity contribution >= 4 is 11.8 Å². The second-order valence-electron chi connectivity index (χ2n) is 8.00. The topological polar surface area (TPSA) is 50.5 Å². The molecule has 2 aromatic rings. The maximum absolute atomic E-state index is 13.4. The highest BCUT2D eigenvalue weighted by Gasteiger charge is 2.64. The van der Waals surface area contributed by atoms with E-state index in [1.54, 1.807) is 12.3 Å². The van der Waals surface area contributed by atoms with E-state index in [2.05, 4.69) is 36.4 Å². The molecule has 4 heteroatoms. The van der Waals surface area contributed by atoms with Gasteiger partial charge in [-0.05, 0) is 35.1 Å². The van der Waals surface area contributed by atoms with E-state index in [1.807, 2.05) is 18.2 Å². The monoisotopic (exact) mass is 357 g/mol. The van der Waals surface area contributed by atoms with Crippen molar-refractivity contribution in [3.63, 3.8) is 0 Å². The Labute approximate surface area is 157 Å². The van der Waals surface area contributed by atoms with Gasteiger partial charge in [-0.1, -0.05) is 48.6 Å². The van der Waals surface area contributed by atoms with Crippen LogP contribution >= 0.6 is 0 Å². The minimum absolute atomic E-state index is 0.0349. The van der Waals surface area contributed by atoms with Crippen molar-refractivity contribution in [3.8, 4) is 0 Å². The smallest absolute Gasteiger partial charge is 0.234 e. The summed E-state index contributed by atoms with van der Waals surface area (Å²) in [6.45, 7) is 0.231. The summed E-state index contributed by atoms with van der Waals surface area (Å²) in [5.41, 5.74) is 2.51. The van der Waals surface area contributed by atoms with E-state index in [-0.39, 0.29) is 53.9 Å². The van der Waals surface area contributed by atoms with Crippen LogP contribution in [0.5, 0.6) is 0 Å². The van der Waals surface area contributed by atoms with Gasteiger partial charge >= 0.3 is 0 Å². The van der Waals surface area contributed by atoms with Crippen LogP contribution in [-0.2, 0) is 16.1 Å². The Morgan fingerprint density at radius 1 is 0.778 bits per heavy atom.